The monoisotopic (exact) mass is 246 g/mol. The first-order chi connectivity index (χ1) is 8.24. The van der Waals surface area contributed by atoms with Gasteiger partial charge in [0.2, 0.25) is 5.16 Å². The molecule has 2 heterocycles. The molecule has 0 spiro atoms. The van der Waals surface area contributed by atoms with Gasteiger partial charge in [-0.25, -0.2) is 4.68 Å². The summed E-state index contributed by atoms with van der Waals surface area (Å²) >= 11 is 1.74. The zero-order chi connectivity index (χ0) is 11.8. The van der Waals surface area contributed by atoms with Crippen LogP contribution in [0.4, 0.5) is 0 Å². The SMILES string of the molecule is Cc1ccc(C2CSc3nncn3N2)c(C)c1. The maximum absolute atomic E-state index is 4.03. The first-order valence-electron chi connectivity index (χ1n) is 5.60. The molecule has 0 radical (unpaired) electrons. The van der Waals surface area contributed by atoms with Crippen LogP contribution in [0.3, 0.4) is 0 Å². The van der Waals surface area contributed by atoms with Gasteiger partial charge in [-0.15, -0.1) is 10.2 Å². The predicted octanol–water partition coefficient (Wildman–Crippen LogP) is 2.29. The van der Waals surface area contributed by atoms with Gasteiger partial charge in [-0.3, -0.25) is 0 Å². The summed E-state index contributed by atoms with van der Waals surface area (Å²) in [6.07, 6.45) is 1.72. The van der Waals surface area contributed by atoms with E-state index in [1.165, 1.54) is 16.7 Å². The summed E-state index contributed by atoms with van der Waals surface area (Å²) in [6.45, 7) is 4.29. The molecule has 1 N–H and O–H groups in total. The molecule has 0 saturated carbocycles. The van der Waals surface area contributed by atoms with Crippen molar-refractivity contribution in [2.75, 3.05) is 11.2 Å². The van der Waals surface area contributed by atoms with Crippen LogP contribution in [0.1, 0.15) is 22.7 Å². The van der Waals surface area contributed by atoms with E-state index >= 15 is 0 Å². The molecule has 1 atom stereocenters. The standard InChI is InChI=1S/C12H14N4S/c1-8-3-4-10(9(2)5-8)11-6-17-12-14-13-7-16(12)15-11/h3-5,7,11,15H,6H2,1-2H3. The van der Waals surface area contributed by atoms with Crippen LogP contribution in [-0.4, -0.2) is 20.6 Å². The van der Waals surface area contributed by atoms with E-state index in [-0.39, 0.29) is 0 Å². The average Bonchev–Trinajstić information content (AvgIpc) is 2.75. The van der Waals surface area contributed by atoms with Crippen molar-refractivity contribution in [2.45, 2.75) is 25.0 Å². The highest BCUT2D eigenvalue weighted by Crippen LogP contribution is 2.30. The highest BCUT2D eigenvalue weighted by atomic mass is 32.2. The molecule has 0 saturated heterocycles. The second kappa shape index (κ2) is 4.07. The number of rotatable bonds is 1. The second-order valence-corrected chi connectivity index (χ2v) is 5.32. The number of benzene rings is 1. The molecule has 0 bridgehead atoms. The number of hydrogen-bond acceptors (Lipinski definition) is 4. The Kier molecular flexibility index (Phi) is 2.55. The van der Waals surface area contributed by atoms with Crippen molar-refractivity contribution < 1.29 is 0 Å². The third-order valence-corrected chi connectivity index (χ3v) is 4.03. The normalized spacial score (nSPS) is 18.6. The van der Waals surface area contributed by atoms with E-state index in [0.717, 1.165) is 10.9 Å². The van der Waals surface area contributed by atoms with Gasteiger partial charge in [0.1, 0.15) is 6.33 Å². The van der Waals surface area contributed by atoms with Crippen LogP contribution in [0.2, 0.25) is 0 Å². The summed E-state index contributed by atoms with van der Waals surface area (Å²) in [7, 11) is 0. The van der Waals surface area contributed by atoms with E-state index in [4.69, 9.17) is 0 Å². The Hall–Kier alpha value is -1.49. The molecule has 1 aliphatic rings. The minimum absolute atomic E-state index is 0.323. The molecule has 17 heavy (non-hydrogen) atoms. The molecule has 1 aromatic carbocycles. The van der Waals surface area contributed by atoms with Crippen LogP contribution in [-0.2, 0) is 0 Å². The summed E-state index contributed by atoms with van der Waals surface area (Å²) in [5, 5.41) is 8.87. The average molecular weight is 246 g/mol. The number of fused-ring (bicyclic) bond motifs is 1. The van der Waals surface area contributed by atoms with Gasteiger partial charge >= 0.3 is 0 Å². The quantitative estimate of drug-likeness (QED) is 0.838. The first kappa shape index (κ1) is 10.7. The topological polar surface area (TPSA) is 42.7 Å². The van der Waals surface area contributed by atoms with E-state index in [2.05, 4.69) is 47.7 Å². The van der Waals surface area contributed by atoms with Gasteiger partial charge in [-0.05, 0) is 25.0 Å². The molecule has 5 heteroatoms. The van der Waals surface area contributed by atoms with E-state index in [0.29, 0.717) is 6.04 Å². The van der Waals surface area contributed by atoms with Crippen molar-refractivity contribution in [1.29, 1.82) is 0 Å². The summed E-state index contributed by atoms with van der Waals surface area (Å²) in [6, 6.07) is 6.92. The molecule has 1 unspecified atom stereocenters. The van der Waals surface area contributed by atoms with Crippen molar-refractivity contribution >= 4 is 11.8 Å². The van der Waals surface area contributed by atoms with E-state index in [9.17, 15) is 0 Å². The number of aromatic nitrogens is 3. The highest BCUT2D eigenvalue weighted by molar-refractivity contribution is 7.99. The van der Waals surface area contributed by atoms with Crippen molar-refractivity contribution in [3.8, 4) is 0 Å². The van der Waals surface area contributed by atoms with Gasteiger partial charge < -0.3 is 5.43 Å². The predicted molar refractivity (Wildman–Crippen MR) is 68.8 cm³/mol. The van der Waals surface area contributed by atoms with E-state index in [1.807, 2.05) is 4.68 Å². The molecule has 1 aromatic heterocycles. The van der Waals surface area contributed by atoms with Crippen LogP contribution in [0.25, 0.3) is 0 Å². The largest absolute Gasteiger partial charge is 0.314 e. The van der Waals surface area contributed by atoms with Gasteiger partial charge in [0, 0.05) is 5.75 Å². The third-order valence-electron chi connectivity index (χ3n) is 2.99. The van der Waals surface area contributed by atoms with Crippen LogP contribution in [0.5, 0.6) is 0 Å². The lowest BCUT2D eigenvalue weighted by Gasteiger charge is -2.26. The minimum Gasteiger partial charge on any atom is -0.314 e. The number of nitrogens with one attached hydrogen (secondary N) is 1. The molecular formula is C12H14N4S. The summed E-state index contributed by atoms with van der Waals surface area (Å²) in [4.78, 5) is 0. The Labute approximate surface area is 104 Å². The van der Waals surface area contributed by atoms with Gasteiger partial charge in [-0.2, -0.15) is 0 Å². The van der Waals surface area contributed by atoms with E-state index in [1.54, 1.807) is 18.1 Å². The number of aryl methyl sites for hydroxylation is 2. The van der Waals surface area contributed by atoms with Crippen molar-refractivity contribution in [3.63, 3.8) is 0 Å². The van der Waals surface area contributed by atoms with Crippen molar-refractivity contribution in [1.82, 2.24) is 14.9 Å². The van der Waals surface area contributed by atoms with Crippen LogP contribution in [0.15, 0.2) is 29.7 Å². The fourth-order valence-electron chi connectivity index (χ4n) is 2.15. The smallest absolute Gasteiger partial charge is 0.209 e. The third kappa shape index (κ3) is 1.91. The van der Waals surface area contributed by atoms with Crippen LogP contribution >= 0.6 is 11.8 Å². The maximum Gasteiger partial charge on any atom is 0.209 e. The molecule has 4 nitrogen and oxygen atoms in total. The zero-order valence-electron chi connectivity index (χ0n) is 9.84. The van der Waals surface area contributed by atoms with Crippen LogP contribution < -0.4 is 5.43 Å². The summed E-state index contributed by atoms with van der Waals surface area (Å²) in [5.41, 5.74) is 7.41. The summed E-state index contributed by atoms with van der Waals surface area (Å²) < 4.78 is 1.90. The number of hydrogen-bond donors (Lipinski definition) is 1. The minimum atomic E-state index is 0.323. The van der Waals surface area contributed by atoms with Gasteiger partial charge in [0.05, 0.1) is 6.04 Å². The molecule has 88 valence electrons. The Morgan fingerprint density at radius 1 is 1.41 bits per heavy atom. The fraction of sp³-hybridized carbons (Fsp3) is 0.333. The number of nitrogens with zero attached hydrogens (tertiary/aromatic N) is 3. The molecule has 1 aliphatic heterocycles. The molecule has 0 amide bonds. The van der Waals surface area contributed by atoms with Crippen molar-refractivity contribution in [3.05, 3.63) is 41.2 Å². The molecular weight excluding hydrogens is 232 g/mol. The molecule has 0 aliphatic carbocycles. The Bertz CT molecular complexity index is 549. The zero-order valence-corrected chi connectivity index (χ0v) is 10.7. The number of thioether (sulfide) groups is 1. The van der Waals surface area contributed by atoms with Gasteiger partial charge in [0.15, 0.2) is 0 Å². The first-order valence-corrected chi connectivity index (χ1v) is 6.59. The van der Waals surface area contributed by atoms with Gasteiger partial charge in [-0.1, -0.05) is 35.5 Å². The van der Waals surface area contributed by atoms with Gasteiger partial charge in [0.25, 0.3) is 0 Å². The summed E-state index contributed by atoms with van der Waals surface area (Å²) in [5.74, 6) is 0.989. The lowest BCUT2D eigenvalue weighted by atomic mass is 10.0. The molecule has 2 aromatic rings. The van der Waals surface area contributed by atoms with Crippen LogP contribution in [0, 0.1) is 13.8 Å². The molecule has 3 rings (SSSR count). The van der Waals surface area contributed by atoms with E-state index < -0.39 is 0 Å². The molecule has 0 fully saturated rings. The fourth-order valence-corrected chi connectivity index (χ4v) is 3.06. The second-order valence-electron chi connectivity index (χ2n) is 4.34. The maximum atomic E-state index is 4.03. The Balaban J connectivity index is 1.91. The Morgan fingerprint density at radius 3 is 3.12 bits per heavy atom. The van der Waals surface area contributed by atoms with Crippen molar-refractivity contribution in [2.24, 2.45) is 0 Å². The lowest BCUT2D eigenvalue weighted by Crippen LogP contribution is -2.27. The highest BCUT2D eigenvalue weighted by Gasteiger charge is 2.21. The Morgan fingerprint density at radius 2 is 2.29 bits per heavy atom. The lowest BCUT2D eigenvalue weighted by molar-refractivity contribution is 0.656.